The lowest BCUT2D eigenvalue weighted by Gasteiger charge is -2.38. The molecule has 1 aromatic carbocycles. The first-order valence-corrected chi connectivity index (χ1v) is 6.68. The predicted octanol–water partition coefficient (Wildman–Crippen LogP) is 3.25. The maximum Gasteiger partial charge on any atom is 0.314 e. The van der Waals surface area contributed by atoms with E-state index in [1.807, 2.05) is 12.1 Å². The first-order valence-electron chi connectivity index (χ1n) is 5.89. The van der Waals surface area contributed by atoms with Gasteiger partial charge in [-0.2, -0.15) is 0 Å². The number of esters is 1. The number of ether oxygens (including phenoxy) is 1. The Kier molecular flexibility index (Phi) is 4.56. The summed E-state index contributed by atoms with van der Waals surface area (Å²) in [5, 5.41) is 10.7. The van der Waals surface area contributed by atoms with Crippen LogP contribution in [0.5, 0.6) is 0 Å². The Morgan fingerprint density at radius 1 is 1.28 bits per heavy atom. The molecule has 1 unspecified atom stereocenters. The Hall–Kier alpha value is -0.870. The van der Waals surface area contributed by atoms with Crippen LogP contribution in [0.4, 0.5) is 0 Å². The molecule has 0 aliphatic carbocycles. The third-order valence-electron chi connectivity index (χ3n) is 3.41. The smallest absolute Gasteiger partial charge is 0.314 e. The summed E-state index contributed by atoms with van der Waals surface area (Å²) in [6.45, 7) is 7.06. The highest BCUT2D eigenvalue weighted by Crippen LogP contribution is 2.40. The van der Waals surface area contributed by atoms with Gasteiger partial charge in [-0.05, 0) is 45.4 Å². The van der Waals surface area contributed by atoms with Gasteiger partial charge in [0, 0.05) is 4.47 Å². The van der Waals surface area contributed by atoms with Crippen molar-refractivity contribution in [2.75, 3.05) is 6.61 Å². The van der Waals surface area contributed by atoms with Crippen LogP contribution in [0.3, 0.4) is 0 Å². The van der Waals surface area contributed by atoms with E-state index in [9.17, 15) is 9.90 Å². The van der Waals surface area contributed by atoms with Crippen molar-refractivity contribution in [1.29, 1.82) is 0 Å². The molecule has 0 spiro atoms. The van der Waals surface area contributed by atoms with Crippen LogP contribution >= 0.6 is 15.9 Å². The molecule has 1 aromatic rings. The zero-order valence-corrected chi connectivity index (χ0v) is 12.7. The van der Waals surface area contributed by atoms with Crippen LogP contribution in [0.15, 0.2) is 28.7 Å². The van der Waals surface area contributed by atoms with Crippen LogP contribution in [0.25, 0.3) is 0 Å². The normalized spacial score (nSPS) is 15.0. The quantitative estimate of drug-likeness (QED) is 0.868. The minimum Gasteiger partial charge on any atom is -0.465 e. The highest BCUT2D eigenvalue weighted by molar-refractivity contribution is 9.10. The second-order valence-electron chi connectivity index (χ2n) is 4.92. The van der Waals surface area contributed by atoms with E-state index in [-0.39, 0.29) is 0 Å². The highest BCUT2D eigenvalue weighted by Gasteiger charge is 2.47. The molecule has 0 amide bonds. The molecule has 0 saturated heterocycles. The Bertz CT molecular complexity index is 421. The Balaban J connectivity index is 3.11. The van der Waals surface area contributed by atoms with Crippen molar-refractivity contribution in [3.63, 3.8) is 0 Å². The third kappa shape index (κ3) is 2.75. The fourth-order valence-corrected chi connectivity index (χ4v) is 1.91. The highest BCUT2D eigenvalue weighted by atomic mass is 79.9. The molecule has 0 aliphatic rings. The van der Waals surface area contributed by atoms with Gasteiger partial charge in [-0.15, -0.1) is 0 Å². The summed E-state index contributed by atoms with van der Waals surface area (Å²) < 4.78 is 5.96. The molecule has 0 aromatic heterocycles. The molecule has 4 heteroatoms. The van der Waals surface area contributed by atoms with E-state index in [4.69, 9.17) is 4.74 Å². The number of rotatable bonds is 4. The second-order valence-corrected chi connectivity index (χ2v) is 5.84. The Labute approximate surface area is 116 Å². The van der Waals surface area contributed by atoms with E-state index in [0.717, 1.165) is 4.47 Å². The zero-order chi connectivity index (χ0) is 14.0. The van der Waals surface area contributed by atoms with Gasteiger partial charge in [-0.3, -0.25) is 4.79 Å². The Morgan fingerprint density at radius 2 is 1.78 bits per heavy atom. The van der Waals surface area contributed by atoms with Gasteiger partial charge in [-0.1, -0.05) is 28.1 Å². The topological polar surface area (TPSA) is 46.5 Å². The summed E-state index contributed by atoms with van der Waals surface area (Å²) in [5.74, 6) is -0.405. The minimum atomic E-state index is -1.29. The van der Waals surface area contributed by atoms with Crippen LogP contribution < -0.4 is 0 Å². The number of carbonyl (C=O) groups excluding carboxylic acids is 1. The summed E-state index contributed by atoms with van der Waals surface area (Å²) in [7, 11) is 0. The van der Waals surface area contributed by atoms with E-state index < -0.39 is 17.0 Å². The molecule has 3 nitrogen and oxygen atoms in total. The van der Waals surface area contributed by atoms with Crippen molar-refractivity contribution >= 4 is 21.9 Å². The first kappa shape index (κ1) is 15.2. The average Bonchev–Trinajstić information content (AvgIpc) is 2.29. The molecule has 0 heterocycles. The van der Waals surface area contributed by atoms with E-state index >= 15 is 0 Å². The number of aliphatic hydroxyl groups is 1. The van der Waals surface area contributed by atoms with Gasteiger partial charge in [0.05, 0.1) is 12.0 Å². The van der Waals surface area contributed by atoms with Gasteiger partial charge < -0.3 is 9.84 Å². The van der Waals surface area contributed by atoms with Gasteiger partial charge in [0.1, 0.15) is 5.60 Å². The van der Waals surface area contributed by atoms with Crippen LogP contribution in [0.2, 0.25) is 0 Å². The molecule has 0 aliphatic heterocycles. The standard InChI is InChI=1S/C14H19BrO3/c1-5-18-12(16)13(2,3)14(4,17)10-6-8-11(15)9-7-10/h6-9,17H,5H2,1-4H3. The molecular weight excluding hydrogens is 296 g/mol. The summed E-state index contributed by atoms with van der Waals surface area (Å²) in [4.78, 5) is 12.0. The molecule has 0 fully saturated rings. The van der Waals surface area contributed by atoms with Gasteiger partial charge >= 0.3 is 5.97 Å². The Morgan fingerprint density at radius 3 is 2.22 bits per heavy atom. The third-order valence-corrected chi connectivity index (χ3v) is 3.94. The van der Waals surface area contributed by atoms with Crippen molar-refractivity contribution in [2.45, 2.75) is 33.3 Å². The van der Waals surface area contributed by atoms with E-state index in [1.165, 1.54) is 0 Å². The molecule has 0 radical (unpaired) electrons. The molecule has 1 rings (SSSR count). The fraction of sp³-hybridized carbons (Fsp3) is 0.500. The molecule has 1 atom stereocenters. The molecule has 0 saturated carbocycles. The summed E-state index contributed by atoms with van der Waals surface area (Å²) >= 11 is 3.34. The van der Waals surface area contributed by atoms with E-state index in [2.05, 4.69) is 15.9 Å². The lowest BCUT2D eigenvalue weighted by molar-refractivity contribution is -0.170. The second kappa shape index (κ2) is 5.41. The zero-order valence-electron chi connectivity index (χ0n) is 11.2. The van der Waals surface area contributed by atoms with Crippen molar-refractivity contribution < 1.29 is 14.6 Å². The molecule has 100 valence electrons. The van der Waals surface area contributed by atoms with Gasteiger partial charge in [0.25, 0.3) is 0 Å². The lowest BCUT2D eigenvalue weighted by atomic mass is 9.72. The van der Waals surface area contributed by atoms with Crippen molar-refractivity contribution in [3.05, 3.63) is 34.3 Å². The van der Waals surface area contributed by atoms with Crippen LogP contribution in [0.1, 0.15) is 33.3 Å². The largest absolute Gasteiger partial charge is 0.465 e. The maximum atomic E-state index is 12.0. The monoisotopic (exact) mass is 314 g/mol. The molecule has 0 bridgehead atoms. The first-order chi connectivity index (χ1) is 8.23. The van der Waals surface area contributed by atoms with E-state index in [1.54, 1.807) is 39.8 Å². The van der Waals surface area contributed by atoms with Crippen LogP contribution in [-0.4, -0.2) is 17.7 Å². The average molecular weight is 315 g/mol. The maximum absolute atomic E-state index is 12.0. The predicted molar refractivity (Wildman–Crippen MR) is 74.1 cm³/mol. The van der Waals surface area contributed by atoms with Crippen LogP contribution in [-0.2, 0) is 15.1 Å². The fourth-order valence-electron chi connectivity index (χ4n) is 1.65. The number of carbonyl (C=O) groups is 1. The number of hydrogen-bond donors (Lipinski definition) is 1. The lowest BCUT2D eigenvalue weighted by Crippen LogP contribution is -2.46. The van der Waals surface area contributed by atoms with Gasteiger partial charge in [-0.25, -0.2) is 0 Å². The van der Waals surface area contributed by atoms with E-state index in [0.29, 0.717) is 12.2 Å². The van der Waals surface area contributed by atoms with Crippen molar-refractivity contribution in [2.24, 2.45) is 5.41 Å². The summed E-state index contributed by atoms with van der Waals surface area (Å²) in [5.41, 5.74) is -1.62. The molecular formula is C14H19BrO3. The summed E-state index contributed by atoms with van der Waals surface area (Å²) in [6, 6.07) is 7.27. The van der Waals surface area contributed by atoms with Crippen molar-refractivity contribution in [1.82, 2.24) is 0 Å². The number of hydrogen-bond acceptors (Lipinski definition) is 3. The van der Waals surface area contributed by atoms with Gasteiger partial charge in [0.15, 0.2) is 0 Å². The molecule has 18 heavy (non-hydrogen) atoms. The SMILES string of the molecule is CCOC(=O)C(C)(C)C(C)(O)c1ccc(Br)cc1. The minimum absolute atomic E-state index is 0.304. The van der Waals surface area contributed by atoms with Crippen molar-refractivity contribution in [3.8, 4) is 0 Å². The summed E-state index contributed by atoms with van der Waals surface area (Å²) in [6.07, 6.45) is 0. The van der Waals surface area contributed by atoms with Crippen LogP contribution in [0, 0.1) is 5.41 Å². The number of benzene rings is 1. The molecule has 1 N–H and O–H groups in total. The number of halogens is 1. The van der Waals surface area contributed by atoms with Gasteiger partial charge in [0.2, 0.25) is 0 Å².